The number of anilines is 2. The molecule has 1 aromatic carbocycles. The molecule has 0 saturated carbocycles. The molecule has 17 heteroatoms. The second kappa shape index (κ2) is 10.3. The summed E-state index contributed by atoms with van der Waals surface area (Å²) in [5.74, 6) is -2.51. The van der Waals surface area contributed by atoms with Crippen LogP contribution in [0.4, 0.5) is 42.4 Å². The van der Waals surface area contributed by atoms with Crippen LogP contribution in [-0.4, -0.2) is 41.4 Å². The molecule has 0 aliphatic carbocycles. The molecule has 218 valence electrons. The number of amides is 1. The van der Waals surface area contributed by atoms with Gasteiger partial charge < -0.3 is 20.4 Å². The Morgan fingerprint density at radius 3 is 2.55 bits per heavy atom. The summed E-state index contributed by atoms with van der Waals surface area (Å²) in [7, 11) is 0. The molecule has 0 aliphatic rings. The minimum Gasteiger partial charge on any atom is -0.406 e. The molecule has 10 nitrogen and oxygen atoms in total. The van der Waals surface area contributed by atoms with Gasteiger partial charge in [-0.15, -0.1) is 13.2 Å². The predicted octanol–water partition coefficient (Wildman–Crippen LogP) is 5.24. The second-order valence-electron chi connectivity index (χ2n) is 8.89. The fourth-order valence-corrected chi connectivity index (χ4v) is 4.15. The fraction of sp³-hybridized carbons (Fsp3) is 0.160. The van der Waals surface area contributed by atoms with Gasteiger partial charge in [-0.05, 0) is 37.3 Å². The van der Waals surface area contributed by atoms with Crippen molar-refractivity contribution in [3.8, 4) is 17.0 Å². The Hall–Kier alpha value is -5.22. The number of benzene rings is 1. The topological polar surface area (TPSA) is 125 Å². The number of nitrogens with two attached hydrogens (primary N) is 1. The Morgan fingerprint density at radius 2 is 1.83 bits per heavy atom. The maximum Gasteiger partial charge on any atom is 0.573 e. The maximum absolute atomic E-state index is 14.2. The number of nitrogens with one attached hydrogen (secondary N) is 1. The molecule has 0 saturated heterocycles. The number of alkyl halides is 6. The normalized spacial score (nSPS) is 12.1. The molecule has 0 spiro atoms. The van der Waals surface area contributed by atoms with Gasteiger partial charge in [0.25, 0.3) is 5.91 Å². The number of halogens is 7. The van der Waals surface area contributed by atoms with Gasteiger partial charge in [-0.25, -0.2) is 18.9 Å². The molecule has 0 radical (unpaired) electrons. The van der Waals surface area contributed by atoms with Gasteiger partial charge in [0.05, 0.1) is 35.4 Å². The lowest BCUT2D eigenvalue weighted by molar-refractivity contribution is -0.274. The first kappa shape index (κ1) is 28.3. The Kier molecular flexibility index (Phi) is 6.95. The Labute approximate surface area is 230 Å². The highest BCUT2D eigenvalue weighted by Crippen LogP contribution is 2.38. The van der Waals surface area contributed by atoms with Gasteiger partial charge in [-0.1, -0.05) is 0 Å². The Balaban J connectivity index is 1.39. The van der Waals surface area contributed by atoms with Gasteiger partial charge in [0, 0.05) is 23.5 Å². The van der Waals surface area contributed by atoms with E-state index in [0.29, 0.717) is 0 Å². The number of nitrogen functional groups attached to an aromatic ring is 1. The summed E-state index contributed by atoms with van der Waals surface area (Å²) in [6, 6.07) is 4.68. The zero-order valence-electron chi connectivity index (χ0n) is 21.1. The second-order valence-corrected chi connectivity index (χ2v) is 8.89. The van der Waals surface area contributed by atoms with Gasteiger partial charge in [-0.2, -0.15) is 18.3 Å². The third-order valence-electron chi connectivity index (χ3n) is 5.99. The maximum atomic E-state index is 14.2. The van der Waals surface area contributed by atoms with Crippen molar-refractivity contribution in [2.75, 3.05) is 11.1 Å². The summed E-state index contributed by atoms with van der Waals surface area (Å²) in [6.45, 7) is 1.27. The molecule has 0 bridgehead atoms. The summed E-state index contributed by atoms with van der Waals surface area (Å²) in [5.41, 5.74) is 4.34. The van der Waals surface area contributed by atoms with E-state index in [1.807, 2.05) is 0 Å². The molecule has 5 aromatic rings. The number of rotatable bonds is 6. The van der Waals surface area contributed by atoms with Crippen molar-refractivity contribution in [2.45, 2.75) is 26.0 Å². The monoisotopic (exact) mass is 594 g/mol. The first-order valence-corrected chi connectivity index (χ1v) is 11.7. The summed E-state index contributed by atoms with van der Waals surface area (Å²) in [5, 5.41) is 6.38. The average molecular weight is 594 g/mol. The minimum atomic E-state index is -4.96. The van der Waals surface area contributed by atoms with Crippen LogP contribution in [0.15, 0.2) is 55.4 Å². The molecule has 1 amide bonds. The van der Waals surface area contributed by atoms with Crippen molar-refractivity contribution in [3.63, 3.8) is 0 Å². The van der Waals surface area contributed by atoms with Gasteiger partial charge >= 0.3 is 12.5 Å². The Bertz CT molecular complexity index is 1810. The van der Waals surface area contributed by atoms with Crippen LogP contribution < -0.4 is 15.8 Å². The van der Waals surface area contributed by atoms with Gasteiger partial charge in [0.2, 0.25) is 0 Å². The van der Waals surface area contributed by atoms with Crippen molar-refractivity contribution in [1.82, 2.24) is 29.1 Å². The molecule has 0 aliphatic heterocycles. The van der Waals surface area contributed by atoms with Crippen molar-refractivity contribution in [1.29, 1.82) is 0 Å². The van der Waals surface area contributed by atoms with Crippen LogP contribution in [0.3, 0.4) is 0 Å². The summed E-state index contributed by atoms with van der Waals surface area (Å²) >= 11 is 0. The summed E-state index contributed by atoms with van der Waals surface area (Å²) in [4.78, 5) is 24.8. The van der Waals surface area contributed by atoms with E-state index in [0.717, 1.165) is 35.1 Å². The van der Waals surface area contributed by atoms with Crippen LogP contribution in [-0.2, 0) is 12.7 Å². The zero-order chi connectivity index (χ0) is 30.4. The van der Waals surface area contributed by atoms with Crippen molar-refractivity contribution in [2.24, 2.45) is 0 Å². The highest BCUT2D eigenvalue weighted by Gasteiger charge is 2.36. The smallest absolute Gasteiger partial charge is 0.406 e. The number of carbonyl (C=O) groups is 1. The number of carbonyl (C=O) groups excluding carboxylic acids is 1. The number of hydrogen-bond donors (Lipinski definition) is 2. The molecule has 42 heavy (non-hydrogen) atoms. The molecule has 5 rings (SSSR count). The highest BCUT2D eigenvalue weighted by atomic mass is 19.4. The summed E-state index contributed by atoms with van der Waals surface area (Å²) in [6.07, 6.45) is -4.95. The highest BCUT2D eigenvalue weighted by molar-refractivity contribution is 6.05. The van der Waals surface area contributed by atoms with Crippen molar-refractivity contribution < 1.29 is 40.3 Å². The van der Waals surface area contributed by atoms with E-state index in [1.165, 1.54) is 36.3 Å². The van der Waals surface area contributed by atoms with Crippen LogP contribution in [0.1, 0.15) is 27.2 Å². The predicted molar refractivity (Wildman–Crippen MR) is 133 cm³/mol. The largest absolute Gasteiger partial charge is 0.573 e. The molecule has 0 fully saturated rings. The van der Waals surface area contributed by atoms with Crippen LogP contribution in [0.5, 0.6) is 5.75 Å². The Morgan fingerprint density at radius 1 is 1.07 bits per heavy atom. The molecule has 4 aromatic heterocycles. The molecule has 3 N–H and O–H groups in total. The SMILES string of the molecule is Cc1ncc(-c2cc(C(F)(F)F)c3c(N)ncnn23)cc1C(=O)Nc1cn(Cc2cc(OC(F)(F)F)ccc2F)cn1. The van der Waals surface area contributed by atoms with E-state index in [1.54, 1.807) is 0 Å². The zero-order valence-corrected chi connectivity index (χ0v) is 21.1. The molecular weight excluding hydrogens is 577 g/mol. The van der Waals surface area contributed by atoms with Crippen molar-refractivity contribution in [3.05, 3.63) is 83.6 Å². The fourth-order valence-electron chi connectivity index (χ4n) is 4.15. The summed E-state index contributed by atoms with van der Waals surface area (Å²) < 4.78 is 98.9. The lowest BCUT2D eigenvalue weighted by Gasteiger charge is -2.11. The first-order valence-electron chi connectivity index (χ1n) is 11.7. The number of aromatic nitrogens is 6. The molecule has 4 heterocycles. The number of pyridine rings is 1. The van der Waals surface area contributed by atoms with E-state index in [2.05, 4.69) is 30.1 Å². The minimum absolute atomic E-state index is 0.000848. The van der Waals surface area contributed by atoms with Gasteiger partial charge in [0.1, 0.15) is 23.4 Å². The van der Waals surface area contributed by atoms with Gasteiger partial charge in [0.15, 0.2) is 11.6 Å². The lowest BCUT2D eigenvalue weighted by Crippen LogP contribution is -2.17. The molecule has 0 atom stereocenters. The molecule has 0 unspecified atom stereocenters. The van der Waals surface area contributed by atoms with Crippen LogP contribution >= 0.6 is 0 Å². The van der Waals surface area contributed by atoms with Crippen molar-refractivity contribution >= 4 is 23.1 Å². The number of imidazole rings is 1. The number of aryl methyl sites for hydroxylation is 1. The van der Waals surface area contributed by atoms with Crippen LogP contribution in [0.25, 0.3) is 16.8 Å². The van der Waals surface area contributed by atoms with Crippen LogP contribution in [0.2, 0.25) is 0 Å². The average Bonchev–Trinajstić information content (AvgIpc) is 3.51. The van der Waals surface area contributed by atoms with E-state index >= 15 is 0 Å². The number of hydrogen-bond acceptors (Lipinski definition) is 7. The van der Waals surface area contributed by atoms with Gasteiger partial charge in [-0.3, -0.25) is 9.78 Å². The number of nitrogens with zero attached hydrogens (tertiary/aromatic N) is 6. The van der Waals surface area contributed by atoms with E-state index < -0.39 is 46.9 Å². The standard InChI is InChI=1S/C25H17F7N8O2/c1-12-16(5-13(7-34-12)19-6-17(24(27,28)29)21-22(33)35-10-37-40(19)21)23(41)38-20-9-39(11-36-20)8-14-4-15(2-3-18(14)26)42-25(30,31)32/h2-7,9-11H,8H2,1H3,(H,38,41)(H2,33,35,37). The third kappa shape index (κ3) is 5.79. The lowest BCUT2D eigenvalue weighted by atomic mass is 10.1. The van der Waals surface area contributed by atoms with E-state index in [9.17, 15) is 35.5 Å². The number of ether oxygens (including phenoxy) is 1. The number of fused-ring (bicyclic) bond motifs is 1. The molecular formula is C25H17F7N8O2. The first-order chi connectivity index (χ1) is 19.7. The van der Waals surface area contributed by atoms with Crippen LogP contribution in [0, 0.1) is 12.7 Å². The van der Waals surface area contributed by atoms with E-state index in [4.69, 9.17) is 5.73 Å². The quantitative estimate of drug-likeness (QED) is 0.258. The third-order valence-corrected chi connectivity index (χ3v) is 5.99. The van der Waals surface area contributed by atoms with E-state index in [-0.39, 0.29) is 40.4 Å².